The molecule has 0 radical (unpaired) electrons. The molecule has 72 valence electrons. The summed E-state index contributed by atoms with van der Waals surface area (Å²) in [6.45, 7) is 3.24. The van der Waals surface area contributed by atoms with E-state index in [0.717, 1.165) is 0 Å². The monoisotopic (exact) mass is 184 g/mol. The van der Waals surface area contributed by atoms with Crippen LogP contribution in [0.1, 0.15) is 20.3 Å². The molecule has 0 aliphatic carbocycles. The van der Waals surface area contributed by atoms with Gasteiger partial charge in [-0.3, -0.25) is 4.79 Å². The highest BCUT2D eigenvalue weighted by atomic mass is 16.4. The third-order valence-electron chi connectivity index (χ3n) is 2.00. The van der Waals surface area contributed by atoms with Crippen LogP contribution in [0.3, 0.4) is 0 Å². The fourth-order valence-corrected chi connectivity index (χ4v) is 1.35. The predicted molar refractivity (Wildman–Crippen MR) is 46.8 cm³/mol. The number of aliphatic hydroxyl groups is 1. The van der Waals surface area contributed by atoms with Gasteiger partial charge in [0.25, 0.3) is 5.91 Å². The van der Waals surface area contributed by atoms with Gasteiger partial charge in [0.05, 0.1) is 6.04 Å². The molecular formula is C8H12N2O3. The van der Waals surface area contributed by atoms with Crippen molar-refractivity contribution in [3.8, 4) is 0 Å². The Bertz CT molecular complexity index is 290. The van der Waals surface area contributed by atoms with Gasteiger partial charge >= 0.3 is 0 Å². The SMILES string of the molecule is CCC1NC(=O)C(=C(C)O)C1=NO. The molecule has 1 fully saturated rings. The van der Waals surface area contributed by atoms with Crippen molar-refractivity contribution in [1.29, 1.82) is 0 Å². The van der Waals surface area contributed by atoms with Crippen LogP contribution in [0.2, 0.25) is 0 Å². The lowest BCUT2D eigenvalue weighted by Crippen LogP contribution is -2.28. The minimum absolute atomic E-state index is 0.0781. The van der Waals surface area contributed by atoms with Gasteiger partial charge < -0.3 is 15.6 Å². The van der Waals surface area contributed by atoms with E-state index >= 15 is 0 Å². The summed E-state index contributed by atoms with van der Waals surface area (Å²) in [5.41, 5.74) is 0.293. The average Bonchev–Trinajstić information content (AvgIpc) is 2.41. The molecular weight excluding hydrogens is 172 g/mol. The predicted octanol–water partition coefficient (Wildman–Crippen LogP) is 0.557. The van der Waals surface area contributed by atoms with E-state index in [2.05, 4.69) is 10.5 Å². The molecule has 0 spiro atoms. The maximum atomic E-state index is 11.2. The number of nitrogens with zero attached hydrogens (tertiary/aromatic N) is 1. The van der Waals surface area contributed by atoms with Crippen molar-refractivity contribution in [2.24, 2.45) is 5.16 Å². The number of oxime groups is 1. The fourth-order valence-electron chi connectivity index (χ4n) is 1.35. The lowest BCUT2D eigenvalue weighted by molar-refractivity contribution is -0.116. The first-order chi connectivity index (χ1) is 6.11. The lowest BCUT2D eigenvalue weighted by atomic mass is 10.1. The van der Waals surface area contributed by atoms with Gasteiger partial charge in [0.2, 0.25) is 0 Å². The van der Waals surface area contributed by atoms with E-state index in [1.54, 1.807) is 0 Å². The van der Waals surface area contributed by atoms with Gasteiger partial charge in [0, 0.05) is 0 Å². The second kappa shape index (κ2) is 3.47. The van der Waals surface area contributed by atoms with E-state index in [1.165, 1.54) is 6.92 Å². The van der Waals surface area contributed by atoms with E-state index in [0.29, 0.717) is 6.42 Å². The number of amides is 1. The number of allylic oxidation sites excluding steroid dienone is 1. The molecule has 1 aliphatic rings. The highest BCUT2D eigenvalue weighted by Crippen LogP contribution is 2.16. The molecule has 0 aromatic rings. The molecule has 1 unspecified atom stereocenters. The summed E-state index contributed by atoms with van der Waals surface area (Å²) in [5, 5.41) is 23.4. The number of carbonyl (C=O) groups excluding carboxylic acids is 1. The topological polar surface area (TPSA) is 81.9 Å². The van der Waals surface area contributed by atoms with Crippen LogP contribution in [0.25, 0.3) is 0 Å². The zero-order valence-corrected chi connectivity index (χ0v) is 7.53. The van der Waals surface area contributed by atoms with Crippen LogP contribution in [0.4, 0.5) is 0 Å². The van der Waals surface area contributed by atoms with Gasteiger partial charge in [-0.2, -0.15) is 0 Å². The first-order valence-electron chi connectivity index (χ1n) is 4.04. The smallest absolute Gasteiger partial charge is 0.257 e. The molecule has 5 nitrogen and oxygen atoms in total. The van der Waals surface area contributed by atoms with Gasteiger partial charge in [0.1, 0.15) is 17.0 Å². The fraction of sp³-hybridized carbons (Fsp3) is 0.500. The Balaban J connectivity index is 3.12. The van der Waals surface area contributed by atoms with Crippen LogP contribution in [0.15, 0.2) is 16.5 Å². The summed E-state index contributed by atoms with van der Waals surface area (Å²) in [6, 6.07) is -0.297. The molecule has 1 amide bonds. The Kier molecular flexibility index (Phi) is 2.55. The van der Waals surface area contributed by atoms with Crippen LogP contribution in [0, 0.1) is 0 Å². The molecule has 1 heterocycles. The molecule has 1 saturated heterocycles. The Labute approximate surface area is 75.7 Å². The Morgan fingerprint density at radius 1 is 1.69 bits per heavy atom. The quantitative estimate of drug-likeness (QED) is 0.241. The number of hydrogen-bond acceptors (Lipinski definition) is 4. The zero-order valence-electron chi connectivity index (χ0n) is 7.53. The van der Waals surface area contributed by atoms with E-state index in [1.807, 2.05) is 6.92 Å². The van der Waals surface area contributed by atoms with Crippen LogP contribution < -0.4 is 5.32 Å². The molecule has 1 rings (SSSR count). The largest absolute Gasteiger partial charge is 0.512 e. The first kappa shape index (κ1) is 9.57. The summed E-state index contributed by atoms with van der Waals surface area (Å²) in [5.74, 6) is -0.513. The highest BCUT2D eigenvalue weighted by Gasteiger charge is 2.34. The van der Waals surface area contributed by atoms with Crippen LogP contribution in [0.5, 0.6) is 0 Å². The van der Waals surface area contributed by atoms with Crippen molar-refractivity contribution in [2.45, 2.75) is 26.3 Å². The number of nitrogens with one attached hydrogen (secondary N) is 1. The normalized spacial score (nSPS) is 29.2. The molecule has 0 aromatic carbocycles. The molecule has 13 heavy (non-hydrogen) atoms. The van der Waals surface area contributed by atoms with Gasteiger partial charge in [-0.05, 0) is 13.3 Å². The molecule has 0 bridgehead atoms. The van der Waals surface area contributed by atoms with Crippen molar-refractivity contribution < 1.29 is 15.1 Å². The summed E-state index contributed by atoms with van der Waals surface area (Å²) >= 11 is 0. The second-order valence-electron chi connectivity index (χ2n) is 2.88. The van der Waals surface area contributed by atoms with Gasteiger partial charge in [-0.15, -0.1) is 0 Å². The summed E-state index contributed by atoms with van der Waals surface area (Å²) in [7, 11) is 0. The van der Waals surface area contributed by atoms with E-state index in [-0.39, 0.29) is 29.0 Å². The molecule has 3 N–H and O–H groups in total. The van der Waals surface area contributed by atoms with Crippen LogP contribution in [-0.2, 0) is 4.79 Å². The summed E-state index contributed by atoms with van der Waals surface area (Å²) < 4.78 is 0. The minimum atomic E-state index is -0.389. The van der Waals surface area contributed by atoms with E-state index in [9.17, 15) is 4.79 Å². The maximum Gasteiger partial charge on any atom is 0.257 e. The zero-order chi connectivity index (χ0) is 10.0. The van der Waals surface area contributed by atoms with E-state index < -0.39 is 0 Å². The summed E-state index contributed by atoms with van der Waals surface area (Å²) in [6.07, 6.45) is 0.627. The Hall–Kier alpha value is -1.52. The number of hydrogen-bond donors (Lipinski definition) is 3. The maximum absolute atomic E-state index is 11.2. The molecule has 0 aromatic heterocycles. The summed E-state index contributed by atoms with van der Waals surface area (Å²) in [4.78, 5) is 11.2. The van der Waals surface area contributed by atoms with Crippen molar-refractivity contribution in [2.75, 3.05) is 0 Å². The third kappa shape index (κ3) is 1.49. The third-order valence-corrected chi connectivity index (χ3v) is 2.00. The molecule has 1 aliphatic heterocycles. The van der Waals surface area contributed by atoms with Crippen molar-refractivity contribution >= 4 is 11.6 Å². The second-order valence-corrected chi connectivity index (χ2v) is 2.88. The van der Waals surface area contributed by atoms with Gasteiger partial charge in [0.15, 0.2) is 0 Å². The van der Waals surface area contributed by atoms with Crippen LogP contribution in [-0.4, -0.2) is 28.0 Å². The number of aliphatic hydroxyl groups excluding tert-OH is 1. The lowest BCUT2D eigenvalue weighted by Gasteiger charge is -2.04. The van der Waals surface area contributed by atoms with E-state index in [4.69, 9.17) is 10.3 Å². The molecule has 0 saturated carbocycles. The van der Waals surface area contributed by atoms with Crippen molar-refractivity contribution in [3.05, 3.63) is 11.3 Å². The van der Waals surface area contributed by atoms with Crippen LogP contribution >= 0.6 is 0 Å². The average molecular weight is 184 g/mol. The standard InChI is InChI=1S/C8H12N2O3/c1-3-5-7(10-13)6(4(2)11)8(12)9-5/h5,11,13H,3H2,1-2H3,(H,9,12). The first-order valence-corrected chi connectivity index (χ1v) is 4.04. The van der Waals surface area contributed by atoms with Gasteiger partial charge in [-0.1, -0.05) is 12.1 Å². The van der Waals surface area contributed by atoms with Crippen molar-refractivity contribution in [3.63, 3.8) is 0 Å². The van der Waals surface area contributed by atoms with Gasteiger partial charge in [-0.25, -0.2) is 0 Å². The minimum Gasteiger partial charge on any atom is -0.512 e. The number of carbonyl (C=O) groups is 1. The number of rotatable bonds is 1. The molecule has 5 heteroatoms. The Morgan fingerprint density at radius 2 is 2.31 bits per heavy atom. The van der Waals surface area contributed by atoms with Crippen molar-refractivity contribution in [1.82, 2.24) is 5.32 Å². The molecule has 1 atom stereocenters. The Morgan fingerprint density at radius 3 is 2.69 bits per heavy atom. The highest BCUT2D eigenvalue weighted by molar-refractivity contribution is 6.28.